The van der Waals surface area contributed by atoms with Gasteiger partial charge in [0, 0.05) is 18.7 Å². The van der Waals surface area contributed by atoms with Gasteiger partial charge in [-0.25, -0.2) is 9.78 Å². The van der Waals surface area contributed by atoms with E-state index in [2.05, 4.69) is 15.6 Å². The highest BCUT2D eigenvalue weighted by Crippen LogP contribution is 2.55. The zero-order valence-corrected chi connectivity index (χ0v) is 16.2. The second-order valence-electron chi connectivity index (χ2n) is 8.20. The molecule has 2 saturated carbocycles. The third-order valence-corrected chi connectivity index (χ3v) is 5.45. The highest BCUT2D eigenvalue weighted by Gasteiger charge is 2.48. The van der Waals surface area contributed by atoms with E-state index in [4.69, 9.17) is 4.74 Å². The van der Waals surface area contributed by atoms with E-state index in [0.717, 1.165) is 12.8 Å². The van der Waals surface area contributed by atoms with Crippen molar-refractivity contribution in [3.8, 4) is 5.88 Å². The van der Waals surface area contributed by atoms with Crippen LogP contribution in [0.4, 0.5) is 18.0 Å². The number of likely N-dealkylation sites (N-methyl/N-ethyl adjacent to an activating group) is 1. The Morgan fingerprint density at radius 2 is 2.07 bits per heavy atom. The maximum Gasteiger partial charge on any atom is 0.422 e. The van der Waals surface area contributed by atoms with Crippen LogP contribution in [0.3, 0.4) is 0 Å². The van der Waals surface area contributed by atoms with Gasteiger partial charge in [0.1, 0.15) is 0 Å². The molecule has 2 aliphatic carbocycles. The molecule has 2 fully saturated rings. The number of nitrogens with one attached hydrogen (secondary N) is 2. The summed E-state index contributed by atoms with van der Waals surface area (Å²) in [6.45, 7) is -0.948. The molecule has 2 aliphatic rings. The minimum atomic E-state index is -4.43. The van der Waals surface area contributed by atoms with Gasteiger partial charge < -0.3 is 20.3 Å². The zero-order chi connectivity index (χ0) is 20.4. The SMILES string of the molecule is CN(C)CC(NC(=O)NC1CC2(CCC2)C1)c1cccc(OCC(F)(F)F)n1. The fourth-order valence-corrected chi connectivity index (χ4v) is 4.00. The van der Waals surface area contributed by atoms with Crippen molar-refractivity contribution in [1.82, 2.24) is 20.5 Å². The molecule has 1 unspecified atom stereocenters. The summed E-state index contributed by atoms with van der Waals surface area (Å²) in [6, 6.07) is 4.05. The Hall–Kier alpha value is -2.03. The molecule has 1 spiro atoms. The first-order valence-corrected chi connectivity index (χ1v) is 9.52. The monoisotopic (exact) mass is 400 g/mol. The number of alkyl halides is 3. The molecule has 2 N–H and O–H groups in total. The number of hydrogen-bond donors (Lipinski definition) is 2. The predicted octanol–water partition coefficient (Wildman–Crippen LogP) is 3.26. The number of halogens is 3. The molecule has 0 aromatic carbocycles. The van der Waals surface area contributed by atoms with E-state index in [9.17, 15) is 18.0 Å². The lowest BCUT2D eigenvalue weighted by atomic mass is 9.54. The van der Waals surface area contributed by atoms with Crippen molar-refractivity contribution in [3.63, 3.8) is 0 Å². The zero-order valence-electron chi connectivity index (χ0n) is 16.2. The maximum absolute atomic E-state index is 12.4. The van der Waals surface area contributed by atoms with Crippen molar-refractivity contribution < 1.29 is 22.7 Å². The summed E-state index contributed by atoms with van der Waals surface area (Å²) in [4.78, 5) is 18.4. The van der Waals surface area contributed by atoms with Crippen LogP contribution in [0, 0.1) is 5.41 Å². The van der Waals surface area contributed by atoms with Crippen LogP contribution in [0.2, 0.25) is 0 Å². The molecule has 1 heterocycles. The van der Waals surface area contributed by atoms with Gasteiger partial charge in [0.05, 0.1) is 11.7 Å². The Bertz CT molecular complexity index is 684. The van der Waals surface area contributed by atoms with E-state index >= 15 is 0 Å². The molecule has 0 radical (unpaired) electrons. The first kappa shape index (κ1) is 20.7. The third-order valence-electron chi connectivity index (χ3n) is 5.45. The van der Waals surface area contributed by atoms with E-state index in [0.29, 0.717) is 17.7 Å². The number of aromatic nitrogens is 1. The summed E-state index contributed by atoms with van der Waals surface area (Å²) < 4.78 is 41.8. The number of urea groups is 1. The Balaban J connectivity index is 1.58. The molecule has 6 nitrogen and oxygen atoms in total. The van der Waals surface area contributed by atoms with Crippen LogP contribution >= 0.6 is 0 Å². The van der Waals surface area contributed by atoms with E-state index in [-0.39, 0.29) is 18.0 Å². The molecule has 9 heteroatoms. The lowest BCUT2D eigenvalue weighted by Crippen LogP contribution is -2.56. The van der Waals surface area contributed by atoms with Crippen LogP contribution in [0.15, 0.2) is 18.2 Å². The summed E-state index contributed by atoms with van der Waals surface area (Å²) >= 11 is 0. The Labute approximate surface area is 162 Å². The van der Waals surface area contributed by atoms with Gasteiger partial charge in [0.25, 0.3) is 0 Å². The number of rotatable bonds is 7. The topological polar surface area (TPSA) is 66.5 Å². The summed E-state index contributed by atoms with van der Waals surface area (Å²) in [7, 11) is 3.70. The number of carbonyl (C=O) groups is 1. The fourth-order valence-electron chi connectivity index (χ4n) is 4.00. The molecule has 0 aliphatic heterocycles. The molecule has 156 valence electrons. The standard InChI is InChI=1S/C19H27F3N4O2/c1-26(2)11-15(14-5-3-6-16(24-14)28-12-19(20,21)22)25-17(27)23-13-9-18(10-13)7-4-8-18/h3,5-6,13,15H,4,7-12H2,1-2H3,(H2,23,25,27). The van der Waals surface area contributed by atoms with Crippen molar-refractivity contribution in [2.45, 2.75) is 50.4 Å². The molecule has 28 heavy (non-hydrogen) atoms. The predicted molar refractivity (Wildman–Crippen MR) is 98.1 cm³/mol. The minimum Gasteiger partial charge on any atom is -0.468 e. The summed E-state index contributed by atoms with van der Waals surface area (Å²) in [6.07, 6.45) is 1.41. The molecule has 1 aromatic rings. The lowest BCUT2D eigenvalue weighted by Gasteiger charge is -2.54. The van der Waals surface area contributed by atoms with Crippen molar-refractivity contribution in [2.75, 3.05) is 27.2 Å². The average molecular weight is 400 g/mol. The second kappa shape index (κ2) is 8.14. The lowest BCUT2D eigenvalue weighted by molar-refractivity contribution is -0.154. The summed E-state index contributed by atoms with van der Waals surface area (Å²) in [5.41, 5.74) is 0.916. The first-order valence-electron chi connectivity index (χ1n) is 9.52. The largest absolute Gasteiger partial charge is 0.468 e. The van der Waals surface area contributed by atoms with Gasteiger partial charge in [-0.15, -0.1) is 0 Å². The smallest absolute Gasteiger partial charge is 0.422 e. The van der Waals surface area contributed by atoms with E-state index < -0.39 is 18.8 Å². The quantitative estimate of drug-likeness (QED) is 0.737. The molecule has 1 atom stereocenters. The maximum atomic E-state index is 12.4. The van der Waals surface area contributed by atoms with Gasteiger partial charge in [-0.1, -0.05) is 12.5 Å². The van der Waals surface area contributed by atoms with Crippen LogP contribution in [-0.2, 0) is 0 Å². The van der Waals surface area contributed by atoms with Gasteiger partial charge in [0.15, 0.2) is 6.61 Å². The van der Waals surface area contributed by atoms with E-state index in [1.54, 1.807) is 12.1 Å². The Morgan fingerprint density at radius 3 is 2.64 bits per heavy atom. The molecule has 3 rings (SSSR count). The number of pyridine rings is 1. The first-order chi connectivity index (χ1) is 13.1. The van der Waals surface area contributed by atoms with Crippen LogP contribution in [0.5, 0.6) is 5.88 Å². The molecular formula is C19H27F3N4O2. The number of ether oxygens (including phenoxy) is 1. The highest BCUT2D eigenvalue weighted by atomic mass is 19.4. The molecule has 1 aromatic heterocycles. The normalized spacial score (nSPS) is 19.6. The van der Waals surface area contributed by atoms with Crippen molar-refractivity contribution in [2.24, 2.45) is 5.41 Å². The Morgan fingerprint density at radius 1 is 1.36 bits per heavy atom. The van der Waals surface area contributed by atoms with Crippen LogP contribution in [0.25, 0.3) is 0 Å². The van der Waals surface area contributed by atoms with Gasteiger partial charge in [-0.05, 0) is 51.3 Å². The van der Waals surface area contributed by atoms with Crippen molar-refractivity contribution >= 4 is 6.03 Å². The molecule has 0 saturated heterocycles. The minimum absolute atomic E-state index is 0.119. The van der Waals surface area contributed by atoms with Crippen LogP contribution in [0.1, 0.15) is 43.8 Å². The summed E-state index contributed by atoms with van der Waals surface area (Å²) in [5.74, 6) is -0.119. The second-order valence-corrected chi connectivity index (χ2v) is 8.20. The van der Waals surface area contributed by atoms with Crippen LogP contribution in [-0.4, -0.2) is 55.4 Å². The number of carbonyl (C=O) groups excluding carboxylic acids is 1. The van der Waals surface area contributed by atoms with Gasteiger partial charge in [0.2, 0.25) is 5.88 Å². The van der Waals surface area contributed by atoms with Gasteiger partial charge in [-0.2, -0.15) is 13.2 Å². The molecule has 2 amide bonds. The van der Waals surface area contributed by atoms with Crippen LogP contribution < -0.4 is 15.4 Å². The van der Waals surface area contributed by atoms with Crippen molar-refractivity contribution in [1.29, 1.82) is 0 Å². The number of nitrogens with zero attached hydrogens (tertiary/aromatic N) is 2. The van der Waals surface area contributed by atoms with E-state index in [1.165, 1.54) is 25.3 Å². The van der Waals surface area contributed by atoms with Crippen molar-refractivity contribution in [3.05, 3.63) is 23.9 Å². The number of amides is 2. The number of hydrogen-bond acceptors (Lipinski definition) is 4. The van der Waals surface area contributed by atoms with Gasteiger partial charge in [-0.3, -0.25) is 0 Å². The average Bonchev–Trinajstić information content (AvgIpc) is 2.53. The third kappa shape index (κ3) is 5.50. The summed E-state index contributed by atoms with van der Waals surface area (Å²) in [5, 5.41) is 5.89. The molecule has 0 bridgehead atoms. The molecular weight excluding hydrogens is 373 g/mol. The highest BCUT2D eigenvalue weighted by molar-refractivity contribution is 5.75. The fraction of sp³-hybridized carbons (Fsp3) is 0.684. The van der Waals surface area contributed by atoms with E-state index in [1.807, 2.05) is 19.0 Å². The van der Waals surface area contributed by atoms with Gasteiger partial charge >= 0.3 is 12.2 Å². The Kier molecular flexibility index (Phi) is 6.02.